The zero-order valence-electron chi connectivity index (χ0n) is 16.4. The lowest BCUT2D eigenvalue weighted by molar-refractivity contribution is 0.279. The number of methoxy groups -OCH3 is 1. The molecule has 0 saturated carbocycles. The second-order valence-corrected chi connectivity index (χ2v) is 6.68. The lowest BCUT2D eigenvalue weighted by atomic mass is 10.1. The SMILES string of the molecule is COc1cc(-c2noc(-c3ccc(C)cc3)n2)ccc1OCc1cc(F)ccc1F. The summed E-state index contributed by atoms with van der Waals surface area (Å²) in [6, 6.07) is 16.1. The number of nitrogens with zero attached hydrogens (tertiary/aromatic N) is 2. The first kappa shape index (κ1) is 19.6. The molecule has 3 aromatic carbocycles. The van der Waals surface area contributed by atoms with E-state index in [1.807, 2.05) is 31.2 Å². The number of aryl methyl sites for hydroxylation is 1. The van der Waals surface area contributed by atoms with Crippen LogP contribution in [0.15, 0.2) is 65.2 Å². The van der Waals surface area contributed by atoms with Gasteiger partial charge in [-0.15, -0.1) is 0 Å². The largest absolute Gasteiger partial charge is 0.493 e. The van der Waals surface area contributed by atoms with Crippen LogP contribution < -0.4 is 9.47 Å². The van der Waals surface area contributed by atoms with Crippen LogP contribution in [0.5, 0.6) is 11.5 Å². The van der Waals surface area contributed by atoms with Crippen molar-refractivity contribution in [3.8, 4) is 34.3 Å². The fraction of sp³-hybridized carbons (Fsp3) is 0.130. The van der Waals surface area contributed by atoms with Gasteiger partial charge in [-0.2, -0.15) is 4.98 Å². The van der Waals surface area contributed by atoms with E-state index < -0.39 is 11.6 Å². The van der Waals surface area contributed by atoms with E-state index in [9.17, 15) is 8.78 Å². The molecule has 4 rings (SSSR count). The van der Waals surface area contributed by atoms with E-state index in [0.29, 0.717) is 28.8 Å². The number of hydrogen-bond acceptors (Lipinski definition) is 5. The quantitative estimate of drug-likeness (QED) is 0.417. The molecule has 1 aromatic heterocycles. The van der Waals surface area contributed by atoms with Gasteiger partial charge in [-0.25, -0.2) is 8.78 Å². The molecule has 0 amide bonds. The Balaban J connectivity index is 1.55. The minimum atomic E-state index is -0.539. The molecule has 0 spiro atoms. The molecule has 30 heavy (non-hydrogen) atoms. The summed E-state index contributed by atoms with van der Waals surface area (Å²) in [5.41, 5.74) is 2.74. The first-order valence-corrected chi connectivity index (χ1v) is 9.19. The maximum Gasteiger partial charge on any atom is 0.258 e. The van der Waals surface area contributed by atoms with Crippen molar-refractivity contribution in [1.29, 1.82) is 0 Å². The first-order chi connectivity index (χ1) is 14.5. The molecular weight excluding hydrogens is 390 g/mol. The van der Waals surface area contributed by atoms with Crippen molar-refractivity contribution in [1.82, 2.24) is 10.1 Å². The van der Waals surface area contributed by atoms with Crippen LogP contribution in [0.4, 0.5) is 8.78 Å². The second kappa shape index (κ2) is 8.32. The first-order valence-electron chi connectivity index (χ1n) is 9.19. The molecule has 0 aliphatic heterocycles. The van der Waals surface area contributed by atoms with Gasteiger partial charge in [-0.05, 0) is 55.5 Å². The number of halogens is 2. The van der Waals surface area contributed by atoms with Gasteiger partial charge in [-0.1, -0.05) is 22.9 Å². The molecular formula is C23H18F2N2O3. The summed E-state index contributed by atoms with van der Waals surface area (Å²) in [5, 5.41) is 4.03. The van der Waals surface area contributed by atoms with Gasteiger partial charge >= 0.3 is 0 Å². The lowest BCUT2D eigenvalue weighted by Gasteiger charge is -2.12. The summed E-state index contributed by atoms with van der Waals surface area (Å²) in [7, 11) is 1.49. The van der Waals surface area contributed by atoms with Gasteiger partial charge in [0.25, 0.3) is 5.89 Å². The predicted octanol–water partition coefficient (Wildman–Crippen LogP) is 5.58. The minimum absolute atomic E-state index is 0.113. The number of ether oxygens (including phenoxy) is 2. The Bertz CT molecular complexity index is 1170. The van der Waals surface area contributed by atoms with E-state index in [0.717, 1.165) is 29.3 Å². The van der Waals surface area contributed by atoms with Crippen LogP contribution in [-0.4, -0.2) is 17.3 Å². The molecule has 7 heteroatoms. The highest BCUT2D eigenvalue weighted by Gasteiger charge is 2.14. The summed E-state index contributed by atoms with van der Waals surface area (Å²) < 4.78 is 43.5. The molecule has 0 saturated heterocycles. The lowest BCUT2D eigenvalue weighted by Crippen LogP contribution is -2.01. The molecule has 5 nitrogen and oxygen atoms in total. The standard InChI is InChI=1S/C23H18F2N2O3/c1-14-3-5-15(6-4-14)23-26-22(27-30-23)16-7-10-20(21(12-16)28-2)29-13-17-11-18(24)8-9-19(17)25/h3-12H,13H2,1-2H3. The summed E-state index contributed by atoms with van der Waals surface area (Å²) in [6.45, 7) is 1.86. The van der Waals surface area contributed by atoms with Crippen LogP contribution >= 0.6 is 0 Å². The van der Waals surface area contributed by atoms with Gasteiger partial charge in [0, 0.05) is 16.7 Å². The number of hydrogen-bond donors (Lipinski definition) is 0. The Morgan fingerprint density at radius 1 is 0.900 bits per heavy atom. The molecule has 0 aliphatic carbocycles. The minimum Gasteiger partial charge on any atom is -0.493 e. The third kappa shape index (κ3) is 4.15. The Morgan fingerprint density at radius 3 is 2.43 bits per heavy atom. The summed E-state index contributed by atoms with van der Waals surface area (Å²) in [6.07, 6.45) is 0. The highest BCUT2D eigenvalue weighted by molar-refractivity contribution is 5.63. The molecule has 0 N–H and O–H groups in total. The number of rotatable bonds is 6. The Morgan fingerprint density at radius 2 is 1.67 bits per heavy atom. The topological polar surface area (TPSA) is 57.4 Å². The normalized spacial score (nSPS) is 10.8. The third-order valence-electron chi connectivity index (χ3n) is 4.54. The van der Waals surface area contributed by atoms with E-state index >= 15 is 0 Å². The van der Waals surface area contributed by atoms with Gasteiger partial charge in [0.1, 0.15) is 18.2 Å². The van der Waals surface area contributed by atoms with Crippen molar-refractivity contribution in [2.24, 2.45) is 0 Å². The average Bonchev–Trinajstić information content (AvgIpc) is 3.25. The molecule has 1 heterocycles. The zero-order chi connectivity index (χ0) is 21.1. The van der Waals surface area contributed by atoms with Crippen molar-refractivity contribution in [3.05, 3.63) is 83.4 Å². The van der Waals surface area contributed by atoms with Crippen LogP contribution in [0.1, 0.15) is 11.1 Å². The predicted molar refractivity (Wildman–Crippen MR) is 107 cm³/mol. The Labute approximate surface area is 171 Å². The fourth-order valence-corrected chi connectivity index (χ4v) is 2.89. The van der Waals surface area contributed by atoms with E-state index in [1.165, 1.54) is 7.11 Å². The molecule has 152 valence electrons. The molecule has 0 bridgehead atoms. The summed E-state index contributed by atoms with van der Waals surface area (Å²) in [4.78, 5) is 4.43. The van der Waals surface area contributed by atoms with E-state index in [-0.39, 0.29) is 12.2 Å². The highest BCUT2D eigenvalue weighted by Crippen LogP contribution is 2.33. The second-order valence-electron chi connectivity index (χ2n) is 6.68. The summed E-state index contributed by atoms with van der Waals surface area (Å²) in [5.74, 6) is 0.525. The van der Waals surface area contributed by atoms with Crippen molar-refractivity contribution in [2.45, 2.75) is 13.5 Å². The van der Waals surface area contributed by atoms with Crippen molar-refractivity contribution in [3.63, 3.8) is 0 Å². The maximum atomic E-state index is 13.8. The van der Waals surface area contributed by atoms with E-state index in [1.54, 1.807) is 18.2 Å². The Hall–Kier alpha value is -3.74. The smallest absolute Gasteiger partial charge is 0.258 e. The van der Waals surface area contributed by atoms with Gasteiger partial charge < -0.3 is 14.0 Å². The van der Waals surface area contributed by atoms with Gasteiger partial charge in [0.15, 0.2) is 11.5 Å². The van der Waals surface area contributed by atoms with Crippen LogP contribution in [0.3, 0.4) is 0 Å². The molecule has 0 aliphatic rings. The molecule has 4 aromatic rings. The molecule has 0 radical (unpaired) electrons. The third-order valence-corrected chi connectivity index (χ3v) is 4.54. The van der Waals surface area contributed by atoms with Gasteiger partial charge in [-0.3, -0.25) is 0 Å². The Kier molecular flexibility index (Phi) is 5.43. The molecule has 0 atom stereocenters. The van der Waals surface area contributed by atoms with Crippen LogP contribution in [0.25, 0.3) is 22.8 Å². The zero-order valence-corrected chi connectivity index (χ0v) is 16.4. The van der Waals surface area contributed by atoms with Crippen molar-refractivity contribution < 1.29 is 22.8 Å². The van der Waals surface area contributed by atoms with Crippen LogP contribution in [0.2, 0.25) is 0 Å². The molecule has 0 unspecified atom stereocenters. The molecule has 0 fully saturated rings. The van der Waals surface area contributed by atoms with Crippen LogP contribution in [0, 0.1) is 18.6 Å². The fourth-order valence-electron chi connectivity index (χ4n) is 2.89. The van der Waals surface area contributed by atoms with Gasteiger partial charge in [0.05, 0.1) is 7.11 Å². The number of aromatic nitrogens is 2. The number of benzene rings is 3. The highest BCUT2D eigenvalue weighted by atomic mass is 19.1. The van der Waals surface area contributed by atoms with Crippen molar-refractivity contribution in [2.75, 3.05) is 7.11 Å². The average molecular weight is 408 g/mol. The maximum absolute atomic E-state index is 13.8. The summed E-state index contributed by atoms with van der Waals surface area (Å²) >= 11 is 0. The van der Waals surface area contributed by atoms with Crippen molar-refractivity contribution >= 4 is 0 Å². The van der Waals surface area contributed by atoms with E-state index in [2.05, 4.69) is 10.1 Å². The van der Waals surface area contributed by atoms with Crippen LogP contribution in [-0.2, 0) is 6.61 Å². The van der Waals surface area contributed by atoms with Gasteiger partial charge in [0.2, 0.25) is 5.82 Å². The monoisotopic (exact) mass is 408 g/mol. The van der Waals surface area contributed by atoms with E-state index in [4.69, 9.17) is 14.0 Å².